The zero-order valence-corrected chi connectivity index (χ0v) is 5.29. The second-order valence-corrected chi connectivity index (χ2v) is 2.15. The molecule has 0 spiro atoms. The number of carbonyl (C=O) groups excluding carboxylic acids is 1. The van der Waals surface area contributed by atoms with Crippen LogP contribution in [-0.2, 0) is 4.79 Å². The largest absolute Gasteiger partial charge is 0.327 e. The first kappa shape index (κ1) is 6.09. The highest BCUT2D eigenvalue weighted by atomic mass is 16.2. The lowest BCUT2D eigenvalue weighted by Crippen LogP contribution is -2.49. The fourth-order valence-corrected chi connectivity index (χ4v) is 0.898. The maximum Gasteiger partial charge on any atom is 0.220 e. The Hall–Kier alpha value is -1.04. The standard InChI is InChI=1S/C6H8N2O/c1-5(9)8-3-2-6(8)4-7/h6H,2-3H2,1H3. The van der Waals surface area contributed by atoms with E-state index in [1.54, 1.807) is 4.90 Å². The van der Waals surface area contributed by atoms with Gasteiger partial charge in [-0.1, -0.05) is 0 Å². The van der Waals surface area contributed by atoms with Crippen molar-refractivity contribution in [3.8, 4) is 6.07 Å². The van der Waals surface area contributed by atoms with Crippen LogP contribution in [0.2, 0.25) is 0 Å². The van der Waals surface area contributed by atoms with Gasteiger partial charge in [-0.05, 0) is 6.42 Å². The van der Waals surface area contributed by atoms with Gasteiger partial charge < -0.3 is 4.90 Å². The summed E-state index contributed by atoms with van der Waals surface area (Å²) in [7, 11) is 0. The van der Waals surface area contributed by atoms with Gasteiger partial charge in [-0.2, -0.15) is 5.26 Å². The molecular formula is C6H8N2O. The van der Waals surface area contributed by atoms with E-state index in [2.05, 4.69) is 0 Å². The predicted molar refractivity (Wildman–Crippen MR) is 31.4 cm³/mol. The molecule has 1 rings (SSSR count). The average molecular weight is 124 g/mol. The molecular weight excluding hydrogens is 116 g/mol. The third kappa shape index (κ3) is 0.879. The number of amides is 1. The van der Waals surface area contributed by atoms with Crippen molar-refractivity contribution in [3.63, 3.8) is 0 Å². The first-order valence-electron chi connectivity index (χ1n) is 2.92. The summed E-state index contributed by atoms with van der Waals surface area (Å²) in [5.41, 5.74) is 0. The predicted octanol–water partition coefficient (Wildman–Crippen LogP) is 0.131. The Kier molecular flexibility index (Phi) is 1.39. The maximum atomic E-state index is 10.6. The van der Waals surface area contributed by atoms with Crippen LogP contribution in [0.15, 0.2) is 0 Å². The van der Waals surface area contributed by atoms with Crippen LogP contribution in [0.25, 0.3) is 0 Å². The highest BCUT2D eigenvalue weighted by Crippen LogP contribution is 2.15. The second-order valence-electron chi connectivity index (χ2n) is 2.15. The Labute approximate surface area is 53.9 Å². The Morgan fingerprint density at radius 1 is 1.89 bits per heavy atom. The molecule has 0 saturated carbocycles. The number of rotatable bonds is 0. The lowest BCUT2D eigenvalue weighted by molar-refractivity contribution is -0.134. The number of hydrogen-bond acceptors (Lipinski definition) is 2. The van der Waals surface area contributed by atoms with E-state index in [0.29, 0.717) is 0 Å². The van der Waals surface area contributed by atoms with Crippen molar-refractivity contribution in [2.24, 2.45) is 0 Å². The van der Waals surface area contributed by atoms with Crippen LogP contribution in [0.3, 0.4) is 0 Å². The van der Waals surface area contributed by atoms with Crippen molar-refractivity contribution in [2.45, 2.75) is 19.4 Å². The topological polar surface area (TPSA) is 44.1 Å². The molecule has 1 aliphatic rings. The van der Waals surface area contributed by atoms with Gasteiger partial charge in [0.15, 0.2) is 0 Å². The van der Waals surface area contributed by atoms with Gasteiger partial charge >= 0.3 is 0 Å². The molecule has 0 aliphatic carbocycles. The fraction of sp³-hybridized carbons (Fsp3) is 0.667. The highest BCUT2D eigenvalue weighted by Gasteiger charge is 2.29. The lowest BCUT2D eigenvalue weighted by atomic mass is 10.1. The third-order valence-electron chi connectivity index (χ3n) is 1.57. The second kappa shape index (κ2) is 2.06. The molecule has 1 amide bonds. The molecule has 0 aromatic carbocycles. The molecule has 0 N–H and O–H groups in total. The van der Waals surface area contributed by atoms with Gasteiger partial charge in [0.05, 0.1) is 6.07 Å². The summed E-state index contributed by atoms with van der Waals surface area (Å²) in [5.74, 6) is 0.00722. The average Bonchev–Trinajstić information content (AvgIpc) is 1.61. The quantitative estimate of drug-likeness (QED) is 0.460. The summed E-state index contributed by atoms with van der Waals surface area (Å²) in [5, 5.41) is 8.36. The lowest BCUT2D eigenvalue weighted by Gasteiger charge is -2.35. The first-order chi connectivity index (χ1) is 4.25. The Bertz CT molecular complexity index is 170. The number of nitrogens with zero attached hydrogens (tertiary/aromatic N) is 2. The minimum Gasteiger partial charge on any atom is -0.327 e. The van der Waals surface area contributed by atoms with Crippen LogP contribution in [0.4, 0.5) is 0 Å². The molecule has 0 radical (unpaired) electrons. The van der Waals surface area contributed by atoms with Crippen LogP contribution in [-0.4, -0.2) is 23.4 Å². The van der Waals surface area contributed by atoms with E-state index in [0.717, 1.165) is 13.0 Å². The number of likely N-dealkylation sites (tertiary alicyclic amines) is 1. The van der Waals surface area contributed by atoms with Gasteiger partial charge in [0.1, 0.15) is 6.04 Å². The van der Waals surface area contributed by atoms with Crippen molar-refractivity contribution in [1.82, 2.24) is 4.90 Å². The summed E-state index contributed by atoms with van der Waals surface area (Å²) in [4.78, 5) is 12.1. The van der Waals surface area contributed by atoms with Crippen LogP contribution in [0.1, 0.15) is 13.3 Å². The zero-order chi connectivity index (χ0) is 6.85. The fourth-order valence-electron chi connectivity index (χ4n) is 0.898. The molecule has 3 nitrogen and oxygen atoms in total. The smallest absolute Gasteiger partial charge is 0.220 e. The molecule has 1 fully saturated rings. The van der Waals surface area contributed by atoms with E-state index in [9.17, 15) is 4.79 Å². The van der Waals surface area contributed by atoms with Gasteiger partial charge in [0.2, 0.25) is 5.91 Å². The molecule has 1 unspecified atom stereocenters. The Morgan fingerprint density at radius 3 is 2.67 bits per heavy atom. The highest BCUT2D eigenvalue weighted by molar-refractivity contribution is 5.74. The summed E-state index contributed by atoms with van der Waals surface area (Å²) < 4.78 is 0. The van der Waals surface area contributed by atoms with E-state index in [-0.39, 0.29) is 11.9 Å². The van der Waals surface area contributed by atoms with Gasteiger partial charge in [-0.25, -0.2) is 0 Å². The summed E-state index contributed by atoms with van der Waals surface area (Å²) >= 11 is 0. The Balaban J connectivity index is 2.47. The van der Waals surface area contributed by atoms with Crippen LogP contribution >= 0.6 is 0 Å². The Morgan fingerprint density at radius 2 is 2.56 bits per heavy atom. The van der Waals surface area contributed by atoms with Crippen molar-refractivity contribution in [1.29, 1.82) is 5.26 Å². The zero-order valence-electron chi connectivity index (χ0n) is 5.29. The summed E-state index contributed by atoms with van der Waals surface area (Å²) in [6.45, 7) is 2.25. The number of hydrogen-bond donors (Lipinski definition) is 0. The maximum absolute atomic E-state index is 10.6. The van der Waals surface area contributed by atoms with E-state index in [1.165, 1.54) is 6.92 Å². The molecule has 9 heavy (non-hydrogen) atoms. The van der Waals surface area contributed by atoms with Crippen LogP contribution < -0.4 is 0 Å². The normalized spacial score (nSPS) is 24.4. The van der Waals surface area contributed by atoms with Crippen molar-refractivity contribution < 1.29 is 4.79 Å². The van der Waals surface area contributed by atoms with Gasteiger partial charge in [0, 0.05) is 13.5 Å². The van der Waals surface area contributed by atoms with E-state index in [1.807, 2.05) is 6.07 Å². The molecule has 0 bridgehead atoms. The van der Waals surface area contributed by atoms with E-state index >= 15 is 0 Å². The molecule has 0 aromatic heterocycles. The molecule has 48 valence electrons. The minimum absolute atomic E-state index is 0.00722. The first-order valence-corrected chi connectivity index (χ1v) is 2.92. The molecule has 0 aromatic rings. The molecule has 1 heterocycles. The van der Waals surface area contributed by atoms with Crippen molar-refractivity contribution in [3.05, 3.63) is 0 Å². The van der Waals surface area contributed by atoms with Crippen molar-refractivity contribution in [2.75, 3.05) is 6.54 Å². The molecule has 1 aliphatic heterocycles. The van der Waals surface area contributed by atoms with E-state index in [4.69, 9.17) is 5.26 Å². The van der Waals surface area contributed by atoms with Gasteiger partial charge in [-0.3, -0.25) is 4.79 Å². The SMILES string of the molecule is CC(=O)N1CCC1C#N. The number of carbonyl (C=O) groups is 1. The molecule has 1 atom stereocenters. The summed E-state index contributed by atoms with van der Waals surface area (Å²) in [6, 6.07) is 1.90. The van der Waals surface area contributed by atoms with Crippen LogP contribution in [0, 0.1) is 11.3 Å². The van der Waals surface area contributed by atoms with Gasteiger partial charge in [-0.15, -0.1) is 0 Å². The van der Waals surface area contributed by atoms with Crippen molar-refractivity contribution >= 4 is 5.91 Å². The van der Waals surface area contributed by atoms with E-state index < -0.39 is 0 Å². The minimum atomic E-state index is -0.137. The van der Waals surface area contributed by atoms with Crippen LogP contribution in [0.5, 0.6) is 0 Å². The molecule has 1 saturated heterocycles. The van der Waals surface area contributed by atoms with Gasteiger partial charge in [0.25, 0.3) is 0 Å². The molecule has 3 heteroatoms. The summed E-state index contributed by atoms with van der Waals surface area (Å²) in [6.07, 6.45) is 0.843. The number of nitriles is 1. The third-order valence-corrected chi connectivity index (χ3v) is 1.57. The monoisotopic (exact) mass is 124 g/mol.